The van der Waals surface area contributed by atoms with Gasteiger partial charge in [0.2, 0.25) is 0 Å². The Balaban J connectivity index is 1.30. The van der Waals surface area contributed by atoms with Gasteiger partial charge in [-0.05, 0) is 87.4 Å². The van der Waals surface area contributed by atoms with Gasteiger partial charge in [0.25, 0.3) is 0 Å². The van der Waals surface area contributed by atoms with Crippen LogP contribution < -0.4 is 15.1 Å². The molecule has 2 aliphatic heterocycles. The van der Waals surface area contributed by atoms with Gasteiger partial charge in [-0.1, -0.05) is 12.1 Å². The van der Waals surface area contributed by atoms with Gasteiger partial charge in [-0.3, -0.25) is 4.79 Å². The lowest BCUT2D eigenvalue weighted by Crippen LogP contribution is -2.47. The Morgan fingerprint density at radius 3 is 2.47 bits per heavy atom. The van der Waals surface area contributed by atoms with Crippen molar-refractivity contribution in [3.8, 4) is 0 Å². The number of rotatable bonds is 7. The minimum atomic E-state index is -0.115. The third-order valence-corrected chi connectivity index (χ3v) is 8.18. The molecule has 2 saturated heterocycles. The number of benzene rings is 1. The van der Waals surface area contributed by atoms with E-state index in [-0.39, 0.29) is 24.3 Å². The summed E-state index contributed by atoms with van der Waals surface area (Å²) in [6, 6.07) is 12.1. The average Bonchev–Trinajstić information content (AvgIpc) is 2.96. The lowest BCUT2D eigenvalue weighted by molar-refractivity contribution is 0.0873. The number of aryl methyl sites for hydroxylation is 2. The van der Waals surface area contributed by atoms with Crippen molar-refractivity contribution in [1.82, 2.24) is 15.2 Å². The summed E-state index contributed by atoms with van der Waals surface area (Å²) in [5, 5.41) is 22.2. The minimum absolute atomic E-state index is 0.00623. The van der Waals surface area contributed by atoms with Gasteiger partial charge >= 0.3 is 0 Å². The first-order valence-electron chi connectivity index (χ1n) is 13.7. The van der Waals surface area contributed by atoms with Crippen LogP contribution in [-0.2, 0) is 0 Å². The van der Waals surface area contributed by atoms with Gasteiger partial charge in [0.15, 0.2) is 11.6 Å². The molecule has 2 aliphatic rings. The fraction of sp³-hybridized carbons (Fsp3) is 0.467. The van der Waals surface area contributed by atoms with E-state index in [1.165, 1.54) is 5.56 Å². The highest BCUT2D eigenvalue weighted by molar-refractivity contribution is 6.02. The molecule has 2 aromatic heterocycles. The molecule has 8 heteroatoms. The number of hydrogen-bond acceptors (Lipinski definition) is 8. The SMILES string of the molecule is Cc1cc(C)c(C(=O)C2CCN(c3ccccn3)[C@H](CO)C2)c(C)c1NC1CCN(c2cccnn2)CC1. The van der Waals surface area contributed by atoms with Crippen molar-refractivity contribution in [3.63, 3.8) is 0 Å². The molecule has 2 fully saturated rings. The third-order valence-electron chi connectivity index (χ3n) is 8.18. The van der Waals surface area contributed by atoms with E-state index in [4.69, 9.17) is 0 Å². The van der Waals surface area contributed by atoms with Crippen molar-refractivity contribution in [1.29, 1.82) is 0 Å². The van der Waals surface area contributed by atoms with E-state index in [0.717, 1.165) is 66.4 Å². The molecule has 0 saturated carbocycles. The highest BCUT2D eigenvalue weighted by Crippen LogP contribution is 2.34. The van der Waals surface area contributed by atoms with E-state index >= 15 is 0 Å². The van der Waals surface area contributed by atoms with E-state index in [0.29, 0.717) is 19.0 Å². The number of Topliss-reactive ketones (excluding diaryl/α,β-unsaturated/α-hetero) is 1. The topological polar surface area (TPSA) is 94.5 Å². The number of hydrogen-bond donors (Lipinski definition) is 2. The van der Waals surface area contributed by atoms with E-state index in [2.05, 4.69) is 50.2 Å². The maximum Gasteiger partial charge on any atom is 0.166 e. The Hall–Kier alpha value is -3.52. The highest BCUT2D eigenvalue weighted by atomic mass is 16.3. The van der Waals surface area contributed by atoms with Crippen LogP contribution in [0.4, 0.5) is 17.3 Å². The molecule has 1 unspecified atom stereocenters. The van der Waals surface area contributed by atoms with Crippen LogP contribution in [0.15, 0.2) is 48.8 Å². The van der Waals surface area contributed by atoms with Gasteiger partial charge in [0.05, 0.1) is 12.6 Å². The molecular formula is C30H38N6O2. The van der Waals surface area contributed by atoms with Crippen LogP contribution >= 0.6 is 0 Å². The van der Waals surface area contributed by atoms with Crippen LogP contribution in [0.3, 0.4) is 0 Å². The van der Waals surface area contributed by atoms with Crippen LogP contribution in [0.25, 0.3) is 0 Å². The number of carbonyl (C=O) groups excluding carboxylic acids is 1. The second-order valence-electron chi connectivity index (χ2n) is 10.7. The van der Waals surface area contributed by atoms with Gasteiger partial charge in [-0.25, -0.2) is 4.98 Å². The van der Waals surface area contributed by atoms with Crippen molar-refractivity contribution in [2.45, 2.75) is 58.5 Å². The standard InChI is InChI=1S/C30H38N6O2/c1-20-17-21(2)29(33-24-10-14-35(15-11-24)27-8-6-13-32-34-27)22(3)28(20)30(38)23-9-16-36(25(18-23)19-37)26-7-4-5-12-31-26/h4-8,12-13,17,23-25,33,37H,9-11,14-16,18-19H2,1-3H3/t23?,25-/m0/s1. The van der Waals surface area contributed by atoms with Crippen LogP contribution in [-0.4, -0.2) is 64.4 Å². The van der Waals surface area contributed by atoms with Gasteiger partial charge < -0.3 is 20.2 Å². The first-order chi connectivity index (χ1) is 18.5. The van der Waals surface area contributed by atoms with Crippen molar-refractivity contribution in [2.75, 3.05) is 41.4 Å². The Morgan fingerprint density at radius 2 is 1.79 bits per heavy atom. The summed E-state index contributed by atoms with van der Waals surface area (Å²) in [7, 11) is 0. The number of nitrogens with zero attached hydrogens (tertiary/aromatic N) is 5. The minimum Gasteiger partial charge on any atom is -0.394 e. The van der Waals surface area contributed by atoms with E-state index < -0.39 is 0 Å². The Morgan fingerprint density at radius 1 is 1.00 bits per heavy atom. The largest absolute Gasteiger partial charge is 0.394 e. The zero-order valence-corrected chi connectivity index (χ0v) is 22.6. The summed E-state index contributed by atoms with van der Waals surface area (Å²) in [6.45, 7) is 8.80. The van der Waals surface area contributed by atoms with Crippen LogP contribution in [0.2, 0.25) is 0 Å². The molecule has 8 nitrogen and oxygen atoms in total. The highest BCUT2D eigenvalue weighted by Gasteiger charge is 2.34. The number of pyridine rings is 1. The maximum absolute atomic E-state index is 13.9. The first-order valence-corrected chi connectivity index (χ1v) is 13.7. The summed E-state index contributed by atoms with van der Waals surface area (Å²) in [5.74, 6) is 1.86. The molecule has 3 aromatic rings. The van der Waals surface area contributed by atoms with Crippen molar-refractivity contribution >= 4 is 23.1 Å². The number of anilines is 3. The number of aromatic nitrogens is 3. The summed E-state index contributed by atoms with van der Waals surface area (Å²) < 4.78 is 0. The fourth-order valence-electron chi connectivity index (χ4n) is 6.20. The van der Waals surface area contributed by atoms with Crippen LogP contribution in [0.1, 0.15) is 52.7 Å². The van der Waals surface area contributed by atoms with Gasteiger partial charge in [-0.15, -0.1) is 5.10 Å². The molecule has 0 amide bonds. The molecule has 5 rings (SSSR count). The number of carbonyl (C=O) groups is 1. The summed E-state index contributed by atoms with van der Waals surface area (Å²) in [5.41, 5.74) is 5.16. The maximum atomic E-state index is 13.9. The molecule has 0 spiro atoms. The van der Waals surface area contributed by atoms with E-state index in [1.54, 1.807) is 12.4 Å². The quantitative estimate of drug-likeness (QED) is 0.450. The van der Waals surface area contributed by atoms with E-state index in [1.807, 2.05) is 37.3 Å². The Kier molecular flexibility index (Phi) is 7.88. The van der Waals surface area contributed by atoms with Gasteiger partial charge in [0.1, 0.15) is 5.82 Å². The molecular weight excluding hydrogens is 476 g/mol. The second-order valence-corrected chi connectivity index (χ2v) is 10.7. The lowest BCUT2D eigenvalue weighted by atomic mass is 9.81. The zero-order chi connectivity index (χ0) is 26.6. The molecule has 2 atom stereocenters. The summed E-state index contributed by atoms with van der Waals surface area (Å²) in [4.78, 5) is 22.8. The molecule has 1 aromatic carbocycles. The summed E-state index contributed by atoms with van der Waals surface area (Å²) in [6.07, 6.45) is 6.85. The van der Waals surface area contributed by atoms with Crippen molar-refractivity contribution < 1.29 is 9.90 Å². The number of ketones is 1. The van der Waals surface area contributed by atoms with Gasteiger partial charge in [0, 0.05) is 55.2 Å². The molecule has 38 heavy (non-hydrogen) atoms. The van der Waals surface area contributed by atoms with E-state index in [9.17, 15) is 9.90 Å². The predicted octanol–water partition coefficient (Wildman–Crippen LogP) is 4.34. The smallest absolute Gasteiger partial charge is 0.166 e. The van der Waals surface area contributed by atoms with Crippen molar-refractivity contribution in [3.05, 3.63) is 71.0 Å². The fourth-order valence-corrected chi connectivity index (χ4v) is 6.20. The number of nitrogens with one attached hydrogen (secondary N) is 1. The first kappa shape index (κ1) is 26.1. The molecule has 0 radical (unpaired) electrons. The summed E-state index contributed by atoms with van der Waals surface area (Å²) >= 11 is 0. The van der Waals surface area contributed by atoms with Crippen LogP contribution in [0, 0.1) is 26.7 Å². The third kappa shape index (κ3) is 5.36. The number of aliphatic hydroxyl groups excluding tert-OH is 1. The molecule has 200 valence electrons. The Bertz CT molecular complexity index is 1240. The van der Waals surface area contributed by atoms with Crippen molar-refractivity contribution in [2.24, 2.45) is 5.92 Å². The molecule has 2 N–H and O–H groups in total. The second kappa shape index (κ2) is 11.5. The number of aliphatic hydroxyl groups is 1. The number of piperidine rings is 2. The molecule has 0 aliphatic carbocycles. The molecule has 0 bridgehead atoms. The van der Waals surface area contributed by atoms with Crippen LogP contribution in [0.5, 0.6) is 0 Å². The predicted molar refractivity (Wildman–Crippen MR) is 151 cm³/mol. The zero-order valence-electron chi connectivity index (χ0n) is 22.6. The molecule has 4 heterocycles. The monoisotopic (exact) mass is 514 g/mol. The lowest BCUT2D eigenvalue weighted by Gasteiger charge is -2.39. The normalized spacial score (nSPS) is 20.4. The van der Waals surface area contributed by atoms with Gasteiger partial charge in [-0.2, -0.15) is 5.10 Å². The Labute approximate surface area is 225 Å². The average molecular weight is 515 g/mol.